The van der Waals surface area contributed by atoms with Crippen LogP contribution in [-0.2, 0) is 14.8 Å². The molecule has 0 saturated carbocycles. The van der Waals surface area contributed by atoms with E-state index in [1.807, 2.05) is 13.8 Å². The zero-order valence-electron chi connectivity index (χ0n) is 15.6. The normalized spacial score (nSPS) is 12.5. The van der Waals surface area contributed by atoms with E-state index in [1.54, 1.807) is 43.3 Å². The van der Waals surface area contributed by atoms with Gasteiger partial charge in [-0.3, -0.25) is 9.10 Å². The molecule has 1 N–H and O–H groups in total. The van der Waals surface area contributed by atoms with E-state index in [0.29, 0.717) is 21.4 Å². The van der Waals surface area contributed by atoms with E-state index in [4.69, 9.17) is 23.2 Å². The monoisotopic (exact) mass is 428 g/mol. The Labute approximate surface area is 170 Å². The minimum absolute atomic E-state index is 0.282. The molecule has 1 amide bonds. The maximum absolute atomic E-state index is 12.9. The van der Waals surface area contributed by atoms with Crippen LogP contribution in [0.3, 0.4) is 0 Å². The standard InChI is InChI=1S/C19H22Cl2N2O3S/c1-5-18(19(24)22-17-10-14(20)8-6-13(17)3)23(27(4,25)26)15-9-7-12(2)16(21)11-15/h6-11,18H,5H2,1-4H3,(H,22,24)/t18-/m0/s1. The van der Waals surface area contributed by atoms with Gasteiger partial charge in [0.1, 0.15) is 6.04 Å². The third-order valence-electron chi connectivity index (χ3n) is 4.20. The Morgan fingerprint density at radius 1 is 1.11 bits per heavy atom. The molecule has 0 heterocycles. The Kier molecular flexibility index (Phi) is 6.78. The molecule has 27 heavy (non-hydrogen) atoms. The molecule has 0 spiro atoms. The molecule has 0 unspecified atom stereocenters. The summed E-state index contributed by atoms with van der Waals surface area (Å²) in [6.07, 6.45) is 1.35. The molecule has 2 aromatic rings. The average molecular weight is 429 g/mol. The molecule has 8 heteroatoms. The number of rotatable bonds is 6. The summed E-state index contributed by atoms with van der Waals surface area (Å²) in [5.74, 6) is -0.440. The van der Waals surface area contributed by atoms with Gasteiger partial charge < -0.3 is 5.32 Å². The third kappa shape index (κ3) is 5.15. The van der Waals surface area contributed by atoms with Gasteiger partial charge >= 0.3 is 0 Å². The molecule has 0 radical (unpaired) electrons. The predicted molar refractivity (Wildman–Crippen MR) is 112 cm³/mol. The molecule has 0 fully saturated rings. The number of hydrogen-bond donors (Lipinski definition) is 1. The van der Waals surface area contributed by atoms with E-state index in [-0.39, 0.29) is 6.42 Å². The van der Waals surface area contributed by atoms with E-state index >= 15 is 0 Å². The van der Waals surface area contributed by atoms with Crippen LogP contribution in [0.1, 0.15) is 24.5 Å². The minimum atomic E-state index is -3.73. The molecular weight excluding hydrogens is 407 g/mol. The number of anilines is 2. The number of benzene rings is 2. The van der Waals surface area contributed by atoms with Crippen LogP contribution in [-0.4, -0.2) is 26.6 Å². The quantitative estimate of drug-likeness (QED) is 0.718. The number of nitrogens with zero attached hydrogens (tertiary/aromatic N) is 1. The molecule has 5 nitrogen and oxygen atoms in total. The van der Waals surface area contributed by atoms with Crippen LogP contribution in [0.4, 0.5) is 11.4 Å². The number of amides is 1. The van der Waals surface area contributed by atoms with E-state index < -0.39 is 22.0 Å². The molecule has 0 saturated heterocycles. The van der Waals surface area contributed by atoms with E-state index in [2.05, 4.69) is 5.32 Å². The van der Waals surface area contributed by atoms with Crippen molar-refractivity contribution in [2.24, 2.45) is 0 Å². The zero-order valence-corrected chi connectivity index (χ0v) is 17.9. The van der Waals surface area contributed by atoms with Crippen molar-refractivity contribution in [2.45, 2.75) is 33.2 Å². The smallest absolute Gasteiger partial charge is 0.248 e. The fraction of sp³-hybridized carbons (Fsp3) is 0.316. The lowest BCUT2D eigenvalue weighted by atomic mass is 10.1. The first kappa shape index (κ1) is 21.5. The maximum atomic E-state index is 12.9. The van der Waals surface area contributed by atoms with Crippen molar-refractivity contribution in [3.05, 3.63) is 57.6 Å². The Bertz CT molecular complexity index is 961. The van der Waals surface area contributed by atoms with Crippen LogP contribution < -0.4 is 9.62 Å². The van der Waals surface area contributed by atoms with Crippen molar-refractivity contribution < 1.29 is 13.2 Å². The van der Waals surface area contributed by atoms with Gasteiger partial charge in [0.25, 0.3) is 0 Å². The second-order valence-corrected chi connectivity index (χ2v) is 9.07. The average Bonchev–Trinajstić information content (AvgIpc) is 2.57. The molecule has 2 rings (SSSR count). The Morgan fingerprint density at radius 2 is 1.74 bits per heavy atom. The summed E-state index contributed by atoms with van der Waals surface area (Å²) in [7, 11) is -3.73. The summed E-state index contributed by atoms with van der Waals surface area (Å²) in [6.45, 7) is 5.41. The van der Waals surface area contributed by atoms with Crippen LogP contribution in [0.25, 0.3) is 0 Å². The Balaban J connectivity index is 2.44. The van der Waals surface area contributed by atoms with Gasteiger partial charge in [-0.2, -0.15) is 0 Å². The number of hydrogen-bond acceptors (Lipinski definition) is 3. The lowest BCUT2D eigenvalue weighted by molar-refractivity contribution is -0.117. The number of halogens is 2. The topological polar surface area (TPSA) is 66.5 Å². The van der Waals surface area contributed by atoms with Gasteiger partial charge in [-0.25, -0.2) is 8.42 Å². The summed E-state index contributed by atoms with van der Waals surface area (Å²) < 4.78 is 26.1. The van der Waals surface area contributed by atoms with E-state index in [1.165, 1.54) is 0 Å². The summed E-state index contributed by atoms with van der Waals surface area (Å²) >= 11 is 12.2. The largest absolute Gasteiger partial charge is 0.324 e. The predicted octanol–water partition coefficient (Wildman–Crippen LogP) is 4.79. The molecule has 0 bridgehead atoms. The fourth-order valence-corrected chi connectivity index (χ4v) is 4.27. The third-order valence-corrected chi connectivity index (χ3v) is 6.02. The minimum Gasteiger partial charge on any atom is -0.324 e. The lowest BCUT2D eigenvalue weighted by Gasteiger charge is -2.30. The van der Waals surface area contributed by atoms with Crippen molar-refractivity contribution in [1.82, 2.24) is 0 Å². The van der Waals surface area contributed by atoms with Crippen molar-refractivity contribution in [3.8, 4) is 0 Å². The van der Waals surface area contributed by atoms with Gasteiger partial charge in [0.15, 0.2) is 0 Å². The summed E-state index contributed by atoms with van der Waals surface area (Å²) in [6, 6.07) is 9.13. The van der Waals surface area contributed by atoms with Crippen LogP contribution in [0.2, 0.25) is 10.0 Å². The summed E-state index contributed by atoms with van der Waals surface area (Å²) in [5.41, 5.74) is 2.53. The first-order valence-electron chi connectivity index (χ1n) is 8.37. The molecule has 0 aliphatic carbocycles. The van der Waals surface area contributed by atoms with Crippen molar-refractivity contribution in [1.29, 1.82) is 0 Å². The van der Waals surface area contributed by atoms with Crippen molar-refractivity contribution in [2.75, 3.05) is 15.9 Å². The molecular formula is C19H22Cl2N2O3S. The second kappa shape index (κ2) is 8.50. The molecule has 0 aromatic heterocycles. The summed E-state index contributed by atoms with van der Waals surface area (Å²) in [5, 5.41) is 3.70. The van der Waals surface area contributed by atoms with Gasteiger partial charge in [0.05, 0.1) is 11.9 Å². The SMILES string of the molecule is CC[C@@H](C(=O)Nc1cc(Cl)ccc1C)N(c1ccc(C)c(Cl)c1)S(C)(=O)=O. The first-order valence-corrected chi connectivity index (χ1v) is 11.0. The molecule has 0 aliphatic heterocycles. The van der Waals surface area contributed by atoms with Gasteiger partial charge in [0, 0.05) is 15.7 Å². The van der Waals surface area contributed by atoms with Gasteiger partial charge in [-0.1, -0.05) is 42.3 Å². The van der Waals surface area contributed by atoms with Crippen LogP contribution in [0.5, 0.6) is 0 Å². The molecule has 146 valence electrons. The molecule has 0 aliphatic rings. The second-order valence-electron chi connectivity index (χ2n) is 6.36. The van der Waals surface area contributed by atoms with Crippen molar-refractivity contribution >= 4 is 50.5 Å². The van der Waals surface area contributed by atoms with Crippen LogP contribution >= 0.6 is 23.2 Å². The van der Waals surface area contributed by atoms with E-state index in [9.17, 15) is 13.2 Å². The first-order chi connectivity index (χ1) is 12.5. The van der Waals surface area contributed by atoms with E-state index in [0.717, 1.165) is 21.7 Å². The molecule has 2 aromatic carbocycles. The fourth-order valence-electron chi connectivity index (χ4n) is 2.72. The summed E-state index contributed by atoms with van der Waals surface area (Å²) in [4.78, 5) is 12.9. The number of aryl methyl sites for hydroxylation is 2. The zero-order chi connectivity index (χ0) is 20.4. The van der Waals surface area contributed by atoms with Crippen LogP contribution in [0, 0.1) is 13.8 Å². The maximum Gasteiger partial charge on any atom is 0.248 e. The van der Waals surface area contributed by atoms with Gasteiger partial charge in [0.2, 0.25) is 15.9 Å². The lowest BCUT2D eigenvalue weighted by Crippen LogP contribution is -2.47. The Morgan fingerprint density at radius 3 is 2.30 bits per heavy atom. The number of nitrogens with one attached hydrogen (secondary N) is 1. The number of sulfonamides is 1. The Hall–Kier alpha value is -1.76. The highest BCUT2D eigenvalue weighted by Crippen LogP contribution is 2.28. The highest BCUT2D eigenvalue weighted by atomic mass is 35.5. The number of carbonyl (C=O) groups is 1. The highest BCUT2D eigenvalue weighted by molar-refractivity contribution is 7.92. The van der Waals surface area contributed by atoms with Crippen LogP contribution in [0.15, 0.2) is 36.4 Å². The van der Waals surface area contributed by atoms with Crippen molar-refractivity contribution in [3.63, 3.8) is 0 Å². The van der Waals surface area contributed by atoms with Gasteiger partial charge in [-0.05, 0) is 55.7 Å². The van der Waals surface area contributed by atoms with Gasteiger partial charge in [-0.15, -0.1) is 0 Å². The molecule has 1 atom stereocenters. The number of carbonyl (C=O) groups excluding carboxylic acids is 1. The highest BCUT2D eigenvalue weighted by Gasteiger charge is 2.32.